The van der Waals surface area contributed by atoms with Crippen molar-refractivity contribution in [1.29, 1.82) is 0 Å². The highest BCUT2D eigenvalue weighted by Gasteiger charge is 2.08. The molecule has 2 heterocycles. The number of ether oxygens (including phenoxy) is 1. The first-order valence-corrected chi connectivity index (χ1v) is 8.52. The molecule has 0 saturated carbocycles. The fraction of sp³-hybridized carbons (Fsp3) is 0.263. The van der Waals surface area contributed by atoms with Gasteiger partial charge in [-0.1, -0.05) is 12.1 Å². The van der Waals surface area contributed by atoms with Crippen molar-refractivity contribution in [3.05, 3.63) is 54.6 Å². The van der Waals surface area contributed by atoms with E-state index in [2.05, 4.69) is 20.4 Å². The van der Waals surface area contributed by atoms with Crippen molar-refractivity contribution in [1.82, 2.24) is 19.7 Å². The van der Waals surface area contributed by atoms with Gasteiger partial charge in [0.2, 0.25) is 5.91 Å². The standard InChI is InChI=1S/C19H22N6O2/c1-24(2)16-11-20-19(21-12-16)25-13-15(10-22-25)23-18(26)9-6-14-4-7-17(27-3)8-5-14/h4-5,7-8,10-13H,6,9H2,1-3H3,(H,23,26). The molecule has 27 heavy (non-hydrogen) atoms. The summed E-state index contributed by atoms with van der Waals surface area (Å²) >= 11 is 0. The summed E-state index contributed by atoms with van der Waals surface area (Å²) in [6, 6.07) is 7.69. The molecule has 140 valence electrons. The molecule has 2 aromatic heterocycles. The van der Waals surface area contributed by atoms with Crippen LogP contribution in [-0.4, -0.2) is 46.9 Å². The number of anilines is 2. The van der Waals surface area contributed by atoms with Gasteiger partial charge in [0.25, 0.3) is 5.95 Å². The van der Waals surface area contributed by atoms with Crippen LogP contribution in [0.2, 0.25) is 0 Å². The van der Waals surface area contributed by atoms with Gasteiger partial charge < -0.3 is 15.0 Å². The average Bonchev–Trinajstić information content (AvgIpc) is 3.15. The number of aryl methyl sites for hydroxylation is 1. The smallest absolute Gasteiger partial charge is 0.250 e. The number of hydrogen-bond donors (Lipinski definition) is 1. The number of rotatable bonds is 7. The second-order valence-electron chi connectivity index (χ2n) is 6.21. The van der Waals surface area contributed by atoms with E-state index in [1.54, 1.807) is 31.9 Å². The lowest BCUT2D eigenvalue weighted by Gasteiger charge is -2.10. The minimum atomic E-state index is -0.0748. The summed E-state index contributed by atoms with van der Waals surface area (Å²) in [5.41, 5.74) is 2.59. The number of carbonyl (C=O) groups is 1. The predicted molar refractivity (Wildman–Crippen MR) is 103 cm³/mol. The summed E-state index contributed by atoms with van der Waals surface area (Å²) in [6.45, 7) is 0. The Kier molecular flexibility index (Phi) is 5.65. The van der Waals surface area contributed by atoms with Gasteiger partial charge >= 0.3 is 0 Å². The van der Waals surface area contributed by atoms with Gasteiger partial charge in [0, 0.05) is 20.5 Å². The summed E-state index contributed by atoms with van der Waals surface area (Å²) in [7, 11) is 5.47. The zero-order valence-corrected chi connectivity index (χ0v) is 15.6. The molecule has 0 aliphatic heterocycles. The summed E-state index contributed by atoms with van der Waals surface area (Å²) in [5.74, 6) is 1.17. The van der Waals surface area contributed by atoms with Crippen LogP contribution in [0.25, 0.3) is 5.95 Å². The van der Waals surface area contributed by atoms with Crippen LogP contribution in [0.4, 0.5) is 11.4 Å². The van der Waals surface area contributed by atoms with Crippen molar-refractivity contribution < 1.29 is 9.53 Å². The summed E-state index contributed by atoms with van der Waals surface area (Å²) in [5, 5.41) is 7.04. The first-order valence-electron chi connectivity index (χ1n) is 8.52. The van der Waals surface area contributed by atoms with E-state index in [1.165, 1.54) is 4.68 Å². The molecule has 1 N–H and O–H groups in total. The summed E-state index contributed by atoms with van der Waals surface area (Å²) in [4.78, 5) is 22.6. The second-order valence-corrected chi connectivity index (χ2v) is 6.21. The normalized spacial score (nSPS) is 10.5. The molecule has 0 fully saturated rings. The Morgan fingerprint density at radius 3 is 2.48 bits per heavy atom. The molecule has 8 nitrogen and oxygen atoms in total. The number of benzene rings is 1. The van der Waals surface area contributed by atoms with E-state index in [-0.39, 0.29) is 5.91 Å². The van der Waals surface area contributed by atoms with E-state index in [1.807, 2.05) is 43.3 Å². The zero-order valence-electron chi connectivity index (χ0n) is 15.6. The van der Waals surface area contributed by atoms with Crippen LogP contribution in [-0.2, 0) is 11.2 Å². The Balaban J connectivity index is 1.55. The van der Waals surface area contributed by atoms with Crippen molar-refractivity contribution in [2.24, 2.45) is 0 Å². The molecule has 0 radical (unpaired) electrons. The molecule has 0 aliphatic rings. The van der Waals surface area contributed by atoms with Crippen LogP contribution < -0.4 is 15.0 Å². The summed E-state index contributed by atoms with van der Waals surface area (Å²) < 4.78 is 6.66. The average molecular weight is 366 g/mol. The van der Waals surface area contributed by atoms with Crippen LogP contribution in [0.3, 0.4) is 0 Å². The highest BCUT2D eigenvalue weighted by molar-refractivity contribution is 5.90. The third-order valence-electron chi connectivity index (χ3n) is 4.01. The number of carbonyl (C=O) groups excluding carboxylic acids is 1. The fourth-order valence-corrected chi connectivity index (χ4v) is 2.43. The molecule has 3 aromatic rings. The van der Waals surface area contributed by atoms with Gasteiger partial charge in [-0.25, -0.2) is 14.6 Å². The van der Waals surface area contributed by atoms with Gasteiger partial charge in [0.1, 0.15) is 5.75 Å². The zero-order chi connectivity index (χ0) is 19.2. The lowest BCUT2D eigenvalue weighted by atomic mass is 10.1. The predicted octanol–water partition coefficient (Wildman–Crippen LogP) is 2.31. The number of methoxy groups -OCH3 is 1. The minimum Gasteiger partial charge on any atom is -0.497 e. The Bertz CT molecular complexity index is 887. The van der Waals surface area contributed by atoms with Crippen LogP contribution in [0, 0.1) is 0 Å². The van der Waals surface area contributed by atoms with E-state index >= 15 is 0 Å². The molecule has 0 bridgehead atoms. The fourth-order valence-electron chi connectivity index (χ4n) is 2.43. The summed E-state index contributed by atoms with van der Waals surface area (Å²) in [6.07, 6.45) is 7.74. The molecular formula is C19H22N6O2. The molecule has 0 spiro atoms. The highest BCUT2D eigenvalue weighted by Crippen LogP contribution is 2.14. The number of hydrogen-bond acceptors (Lipinski definition) is 6. The molecule has 3 rings (SSSR count). The minimum absolute atomic E-state index is 0.0748. The maximum absolute atomic E-state index is 12.2. The maximum atomic E-state index is 12.2. The third-order valence-corrected chi connectivity index (χ3v) is 4.01. The first-order chi connectivity index (χ1) is 13.0. The Morgan fingerprint density at radius 2 is 1.85 bits per heavy atom. The van der Waals surface area contributed by atoms with Crippen molar-refractivity contribution in [3.63, 3.8) is 0 Å². The van der Waals surface area contributed by atoms with Gasteiger partial charge in [0.15, 0.2) is 0 Å². The van der Waals surface area contributed by atoms with Crippen molar-refractivity contribution >= 4 is 17.3 Å². The molecular weight excluding hydrogens is 344 g/mol. The highest BCUT2D eigenvalue weighted by atomic mass is 16.5. The Morgan fingerprint density at radius 1 is 1.15 bits per heavy atom. The van der Waals surface area contributed by atoms with E-state index in [9.17, 15) is 4.79 Å². The molecule has 0 unspecified atom stereocenters. The van der Waals surface area contributed by atoms with Crippen LogP contribution >= 0.6 is 0 Å². The van der Waals surface area contributed by atoms with Gasteiger partial charge in [-0.3, -0.25) is 4.79 Å². The topological polar surface area (TPSA) is 85.2 Å². The van der Waals surface area contributed by atoms with Crippen LogP contribution in [0.1, 0.15) is 12.0 Å². The number of nitrogens with zero attached hydrogens (tertiary/aromatic N) is 5. The van der Waals surface area contributed by atoms with Crippen molar-refractivity contribution in [2.75, 3.05) is 31.4 Å². The van der Waals surface area contributed by atoms with Crippen molar-refractivity contribution in [3.8, 4) is 11.7 Å². The van der Waals surface area contributed by atoms with E-state index in [0.717, 1.165) is 17.0 Å². The lowest BCUT2D eigenvalue weighted by Crippen LogP contribution is -2.12. The number of amides is 1. The van der Waals surface area contributed by atoms with E-state index in [4.69, 9.17) is 4.74 Å². The molecule has 8 heteroatoms. The largest absolute Gasteiger partial charge is 0.497 e. The molecule has 0 aliphatic carbocycles. The van der Waals surface area contributed by atoms with Crippen LogP contribution in [0.5, 0.6) is 5.75 Å². The molecule has 1 aromatic carbocycles. The second kappa shape index (κ2) is 8.31. The Labute approximate surface area is 157 Å². The monoisotopic (exact) mass is 366 g/mol. The van der Waals surface area contributed by atoms with Gasteiger partial charge in [-0.15, -0.1) is 0 Å². The third kappa shape index (κ3) is 4.81. The molecule has 0 atom stereocenters. The molecule has 0 saturated heterocycles. The van der Waals surface area contributed by atoms with Gasteiger partial charge in [-0.2, -0.15) is 5.10 Å². The quantitative estimate of drug-likeness (QED) is 0.691. The number of aromatic nitrogens is 4. The number of nitrogens with one attached hydrogen (secondary N) is 1. The van der Waals surface area contributed by atoms with Crippen LogP contribution in [0.15, 0.2) is 49.1 Å². The van der Waals surface area contributed by atoms with E-state index < -0.39 is 0 Å². The van der Waals surface area contributed by atoms with E-state index in [0.29, 0.717) is 24.5 Å². The van der Waals surface area contributed by atoms with Gasteiger partial charge in [-0.05, 0) is 24.1 Å². The lowest BCUT2D eigenvalue weighted by molar-refractivity contribution is -0.116. The first kappa shape index (κ1) is 18.4. The van der Waals surface area contributed by atoms with Gasteiger partial charge in [0.05, 0.1) is 43.3 Å². The maximum Gasteiger partial charge on any atom is 0.250 e. The Hall–Kier alpha value is -3.42. The molecule has 1 amide bonds. The SMILES string of the molecule is COc1ccc(CCC(=O)Nc2cnn(-c3ncc(N(C)C)cn3)c2)cc1. The van der Waals surface area contributed by atoms with Crippen molar-refractivity contribution in [2.45, 2.75) is 12.8 Å².